The normalized spacial score (nSPS) is 20.7. The van der Waals surface area contributed by atoms with Crippen molar-refractivity contribution in [1.29, 1.82) is 0 Å². The minimum absolute atomic E-state index is 0.574. The fourth-order valence-electron chi connectivity index (χ4n) is 1.84. The zero-order valence-electron chi connectivity index (χ0n) is 8.02. The van der Waals surface area contributed by atoms with Crippen LogP contribution in [-0.2, 0) is 6.42 Å². The molecule has 1 atom stereocenters. The van der Waals surface area contributed by atoms with Gasteiger partial charge in [0.15, 0.2) is 0 Å². The summed E-state index contributed by atoms with van der Waals surface area (Å²) in [6.45, 7) is 4.29. The second-order valence-electron chi connectivity index (χ2n) is 3.79. The van der Waals surface area contributed by atoms with Gasteiger partial charge in [-0.25, -0.2) is 0 Å². The highest BCUT2D eigenvalue weighted by Gasteiger charge is 2.16. The number of anilines is 1. The van der Waals surface area contributed by atoms with Crippen LogP contribution in [0.5, 0.6) is 0 Å². The Morgan fingerprint density at radius 3 is 3.00 bits per heavy atom. The first-order valence-electron chi connectivity index (χ1n) is 4.73. The number of aryl methyl sites for hydroxylation is 1. The lowest BCUT2D eigenvalue weighted by atomic mass is 9.96. The smallest absolute Gasteiger partial charge is 0.0455 e. The molecule has 1 heterocycles. The molecule has 13 heavy (non-hydrogen) atoms. The van der Waals surface area contributed by atoms with Gasteiger partial charge in [0.05, 0.1) is 0 Å². The molecular weight excluding hydrogens is 182 g/mol. The predicted molar refractivity (Wildman–Crippen MR) is 57.6 cm³/mol. The zero-order valence-corrected chi connectivity index (χ0v) is 8.78. The average molecular weight is 196 g/mol. The molecule has 1 aliphatic heterocycles. The van der Waals surface area contributed by atoms with Crippen molar-refractivity contribution in [2.75, 3.05) is 5.32 Å². The molecular formula is C11H14ClN. The molecule has 0 bridgehead atoms. The standard InChI is InChI=1S/C11H14ClN/c1-7-3-4-9-5-6-10(12)8(2)11(9)13-7/h5-7,13H,3-4H2,1-2H3/t7-/m1/s1. The summed E-state index contributed by atoms with van der Waals surface area (Å²) in [5.74, 6) is 0. The Hall–Kier alpha value is -0.690. The molecule has 0 saturated heterocycles. The molecule has 0 amide bonds. The number of benzene rings is 1. The molecule has 2 rings (SSSR count). The second-order valence-corrected chi connectivity index (χ2v) is 4.20. The Kier molecular flexibility index (Phi) is 2.20. The van der Waals surface area contributed by atoms with Gasteiger partial charge in [0.2, 0.25) is 0 Å². The van der Waals surface area contributed by atoms with Crippen LogP contribution in [0.15, 0.2) is 12.1 Å². The van der Waals surface area contributed by atoms with Crippen LogP contribution in [0.4, 0.5) is 5.69 Å². The largest absolute Gasteiger partial charge is 0.382 e. The van der Waals surface area contributed by atoms with E-state index in [1.165, 1.54) is 29.7 Å². The number of nitrogens with one attached hydrogen (secondary N) is 1. The fraction of sp³-hybridized carbons (Fsp3) is 0.455. The molecule has 0 spiro atoms. The van der Waals surface area contributed by atoms with Gasteiger partial charge in [-0.3, -0.25) is 0 Å². The molecule has 1 N–H and O–H groups in total. The van der Waals surface area contributed by atoms with Crippen LogP contribution in [0, 0.1) is 6.92 Å². The van der Waals surface area contributed by atoms with Crippen molar-refractivity contribution in [3.05, 3.63) is 28.3 Å². The van der Waals surface area contributed by atoms with Gasteiger partial charge in [0.1, 0.15) is 0 Å². The van der Waals surface area contributed by atoms with Gasteiger partial charge in [-0.2, -0.15) is 0 Å². The molecule has 2 heteroatoms. The van der Waals surface area contributed by atoms with E-state index in [-0.39, 0.29) is 0 Å². The summed E-state index contributed by atoms with van der Waals surface area (Å²) in [5.41, 5.74) is 3.84. The Bertz CT molecular complexity index is 333. The lowest BCUT2D eigenvalue weighted by molar-refractivity contribution is 0.679. The Morgan fingerprint density at radius 1 is 1.46 bits per heavy atom. The van der Waals surface area contributed by atoms with E-state index < -0.39 is 0 Å². The summed E-state index contributed by atoms with van der Waals surface area (Å²) in [5, 5.41) is 4.35. The van der Waals surface area contributed by atoms with Gasteiger partial charge in [-0.05, 0) is 43.9 Å². The van der Waals surface area contributed by atoms with Crippen molar-refractivity contribution in [3.63, 3.8) is 0 Å². The summed E-state index contributed by atoms with van der Waals surface area (Å²) in [6.07, 6.45) is 2.38. The molecule has 0 unspecified atom stereocenters. The quantitative estimate of drug-likeness (QED) is 0.669. The van der Waals surface area contributed by atoms with Crippen LogP contribution in [0.25, 0.3) is 0 Å². The molecule has 0 fully saturated rings. The Labute approximate surface area is 84.1 Å². The van der Waals surface area contributed by atoms with Gasteiger partial charge in [-0.1, -0.05) is 17.7 Å². The molecule has 1 aromatic rings. The van der Waals surface area contributed by atoms with Gasteiger partial charge in [0.25, 0.3) is 0 Å². The predicted octanol–water partition coefficient (Wildman–Crippen LogP) is 3.40. The van der Waals surface area contributed by atoms with E-state index >= 15 is 0 Å². The molecule has 1 nitrogen and oxygen atoms in total. The maximum Gasteiger partial charge on any atom is 0.0455 e. The van der Waals surface area contributed by atoms with E-state index in [1.807, 2.05) is 6.07 Å². The van der Waals surface area contributed by atoms with Crippen LogP contribution in [0.3, 0.4) is 0 Å². The highest BCUT2D eigenvalue weighted by molar-refractivity contribution is 6.31. The van der Waals surface area contributed by atoms with Crippen LogP contribution in [0.2, 0.25) is 5.02 Å². The first-order chi connectivity index (χ1) is 6.18. The third-order valence-electron chi connectivity index (χ3n) is 2.72. The summed E-state index contributed by atoms with van der Waals surface area (Å²) < 4.78 is 0. The van der Waals surface area contributed by atoms with Crippen LogP contribution < -0.4 is 5.32 Å². The van der Waals surface area contributed by atoms with Crippen molar-refractivity contribution in [2.45, 2.75) is 32.7 Å². The van der Waals surface area contributed by atoms with Crippen LogP contribution in [0.1, 0.15) is 24.5 Å². The molecule has 0 radical (unpaired) electrons. The van der Waals surface area contributed by atoms with Gasteiger partial charge < -0.3 is 5.32 Å². The first kappa shape index (κ1) is 8.89. The van der Waals surface area contributed by atoms with E-state index in [2.05, 4.69) is 25.2 Å². The van der Waals surface area contributed by atoms with Gasteiger partial charge in [-0.15, -0.1) is 0 Å². The van der Waals surface area contributed by atoms with E-state index in [0.29, 0.717) is 6.04 Å². The third-order valence-corrected chi connectivity index (χ3v) is 3.13. The van der Waals surface area contributed by atoms with E-state index in [4.69, 9.17) is 11.6 Å². The summed E-state index contributed by atoms with van der Waals surface area (Å²) in [4.78, 5) is 0. The highest BCUT2D eigenvalue weighted by atomic mass is 35.5. The average Bonchev–Trinajstić information content (AvgIpc) is 2.12. The Morgan fingerprint density at radius 2 is 2.23 bits per heavy atom. The molecule has 0 saturated carbocycles. The Balaban J connectivity index is 2.48. The molecule has 1 aromatic carbocycles. The minimum atomic E-state index is 0.574. The van der Waals surface area contributed by atoms with Crippen molar-refractivity contribution in [3.8, 4) is 0 Å². The van der Waals surface area contributed by atoms with E-state index in [0.717, 1.165) is 5.02 Å². The molecule has 0 aliphatic carbocycles. The summed E-state index contributed by atoms with van der Waals surface area (Å²) >= 11 is 6.05. The lowest BCUT2D eigenvalue weighted by Gasteiger charge is -2.26. The van der Waals surface area contributed by atoms with E-state index in [1.54, 1.807) is 0 Å². The SMILES string of the molecule is Cc1c(Cl)ccc2c1N[C@H](C)CC2. The zero-order chi connectivity index (χ0) is 9.42. The fourth-order valence-corrected chi connectivity index (χ4v) is 2.00. The van der Waals surface area contributed by atoms with Crippen molar-refractivity contribution < 1.29 is 0 Å². The number of halogens is 1. The van der Waals surface area contributed by atoms with Crippen molar-refractivity contribution >= 4 is 17.3 Å². The number of rotatable bonds is 0. The molecule has 70 valence electrons. The summed E-state index contributed by atoms with van der Waals surface area (Å²) in [7, 11) is 0. The maximum absolute atomic E-state index is 6.05. The number of hydrogen-bond donors (Lipinski definition) is 1. The topological polar surface area (TPSA) is 12.0 Å². The monoisotopic (exact) mass is 195 g/mol. The van der Waals surface area contributed by atoms with E-state index in [9.17, 15) is 0 Å². The lowest BCUT2D eigenvalue weighted by Crippen LogP contribution is -2.22. The maximum atomic E-state index is 6.05. The minimum Gasteiger partial charge on any atom is -0.382 e. The number of fused-ring (bicyclic) bond motifs is 1. The molecule has 0 aromatic heterocycles. The van der Waals surface area contributed by atoms with Crippen molar-refractivity contribution in [1.82, 2.24) is 0 Å². The second kappa shape index (κ2) is 3.22. The molecule has 1 aliphatic rings. The van der Waals surface area contributed by atoms with Crippen LogP contribution >= 0.6 is 11.6 Å². The number of hydrogen-bond acceptors (Lipinski definition) is 1. The van der Waals surface area contributed by atoms with Gasteiger partial charge >= 0.3 is 0 Å². The van der Waals surface area contributed by atoms with Crippen LogP contribution in [-0.4, -0.2) is 6.04 Å². The highest BCUT2D eigenvalue weighted by Crippen LogP contribution is 2.32. The van der Waals surface area contributed by atoms with Gasteiger partial charge in [0, 0.05) is 16.8 Å². The van der Waals surface area contributed by atoms with Crippen molar-refractivity contribution in [2.24, 2.45) is 0 Å². The third kappa shape index (κ3) is 1.53. The first-order valence-corrected chi connectivity index (χ1v) is 5.11. The summed E-state index contributed by atoms with van der Waals surface area (Å²) in [6, 6.07) is 4.70.